The molecule has 0 atom stereocenters. The van der Waals surface area contributed by atoms with Gasteiger partial charge in [0.15, 0.2) is 11.5 Å². The van der Waals surface area contributed by atoms with Gasteiger partial charge < -0.3 is 14.6 Å². The Hall–Kier alpha value is -1.22. The number of hydrogen-bond acceptors (Lipinski definition) is 3. The lowest BCUT2D eigenvalue weighted by molar-refractivity contribution is -0.123. The molecule has 1 N–H and O–H groups in total. The van der Waals surface area contributed by atoms with E-state index in [9.17, 15) is 5.11 Å². The maximum atomic E-state index is 9.46. The van der Waals surface area contributed by atoms with Crippen molar-refractivity contribution in [3.05, 3.63) is 24.3 Å². The van der Waals surface area contributed by atoms with Crippen LogP contribution >= 0.6 is 0 Å². The average Bonchev–Trinajstić information content (AvgIpc) is 2.61. The number of rotatable bonds is 0. The lowest BCUT2D eigenvalue weighted by Crippen LogP contribution is -2.43. The molecule has 1 saturated carbocycles. The number of aliphatic hydroxyl groups excluding tert-OH is 1. The van der Waals surface area contributed by atoms with E-state index in [1.165, 1.54) is 0 Å². The van der Waals surface area contributed by atoms with Gasteiger partial charge in [-0.1, -0.05) is 12.1 Å². The lowest BCUT2D eigenvalue weighted by atomic mass is 9.92. The third-order valence-corrected chi connectivity index (χ3v) is 3.16. The van der Waals surface area contributed by atoms with Crippen molar-refractivity contribution in [1.82, 2.24) is 0 Å². The zero-order chi connectivity index (χ0) is 10.3. The Labute approximate surface area is 88.6 Å². The second kappa shape index (κ2) is 3.14. The Morgan fingerprint density at radius 3 is 2.13 bits per heavy atom. The molecule has 1 aromatic rings. The van der Waals surface area contributed by atoms with Gasteiger partial charge in [-0.25, -0.2) is 0 Å². The summed E-state index contributed by atoms with van der Waals surface area (Å²) in [6.45, 7) is 0. The summed E-state index contributed by atoms with van der Waals surface area (Å²) in [5.41, 5.74) is 0. The topological polar surface area (TPSA) is 38.7 Å². The molecule has 0 unspecified atom stereocenters. The van der Waals surface area contributed by atoms with E-state index >= 15 is 0 Å². The molecule has 0 bridgehead atoms. The van der Waals surface area contributed by atoms with Crippen molar-refractivity contribution in [2.24, 2.45) is 0 Å². The molecule has 0 aromatic heterocycles. The molecule has 0 radical (unpaired) electrons. The lowest BCUT2D eigenvalue weighted by Gasteiger charge is -2.33. The highest BCUT2D eigenvalue weighted by molar-refractivity contribution is 5.42. The van der Waals surface area contributed by atoms with Crippen LogP contribution in [0.1, 0.15) is 25.7 Å². The minimum atomic E-state index is -0.497. The van der Waals surface area contributed by atoms with Crippen molar-refractivity contribution in [2.75, 3.05) is 0 Å². The molecule has 15 heavy (non-hydrogen) atoms. The zero-order valence-corrected chi connectivity index (χ0v) is 8.48. The van der Waals surface area contributed by atoms with Gasteiger partial charge in [-0.2, -0.15) is 0 Å². The van der Waals surface area contributed by atoms with E-state index in [-0.39, 0.29) is 6.10 Å². The van der Waals surface area contributed by atoms with Crippen LogP contribution in [-0.2, 0) is 0 Å². The molecule has 80 valence electrons. The molecule has 0 saturated heterocycles. The predicted molar refractivity (Wildman–Crippen MR) is 54.9 cm³/mol. The average molecular weight is 206 g/mol. The summed E-state index contributed by atoms with van der Waals surface area (Å²) >= 11 is 0. The standard InChI is InChI=1S/C12H14O3/c13-9-5-7-12(8-6-9)14-10-3-1-2-4-11(10)15-12/h1-4,9,13H,5-8H2. The SMILES string of the molecule is OC1CCC2(CC1)Oc1ccccc1O2. The highest BCUT2D eigenvalue weighted by atomic mass is 16.7. The van der Waals surface area contributed by atoms with E-state index in [0.29, 0.717) is 0 Å². The van der Waals surface area contributed by atoms with Crippen LogP contribution in [0.25, 0.3) is 0 Å². The fourth-order valence-corrected chi connectivity index (χ4v) is 2.29. The molecule has 1 heterocycles. The third kappa shape index (κ3) is 1.47. The molecule has 1 aliphatic heterocycles. The maximum absolute atomic E-state index is 9.46. The van der Waals surface area contributed by atoms with E-state index < -0.39 is 5.79 Å². The summed E-state index contributed by atoms with van der Waals surface area (Å²) < 4.78 is 11.7. The number of hydrogen-bond donors (Lipinski definition) is 1. The number of benzene rings is 1. The van der Waals surface area contributed by atoms with Gasteiger partial charge in [-0.3, -0.25) is 0 Å². The number of fused-ring (bicyclic) bond motifs is 1. The second-order valence-corrected chi connectivity index (χ2v) is 4.29. The first-order chi connectivity index (χ1) is 7.27. The monoisotopic (exact) mass is 206 g/mol. The van der Waals surface area contributed by atoms with Gasteiger partial charge in [0, 0.05) is 12.8 Å². The van der Waals surface area contributed by atoms with Gasteiger partial charge in [0.1, 0.15) is 0 Å². The highest BCUT2D eigenvalue weighted by Crippen LogP contribution is 2.45. The normalized spacial score (nSPS) is 23.3. The maximum Gasteiger partial charge on any atom is 0.251 e. The van der Waals surface area contributed by atoms with Crippen LogP contribution in [0.2, 0.25) is 0 Å². The van der Waals surface area contributed by atoms with E-state index in [1.807, 2.05) is 24.3 Å². The fourth-order valence-electron chi connectivity index (χ4n) is 2.29. The van der Waals surface area contributed by atoms with Crippen LogP contribution in [0.5, 0.6) is 11.5 Å². The van der Waals surface area contributed by atoms with Crippen LogP contribution in [0.3, 0.4) is 0 Å². The first-order valence-corrected chi connectivity index (χ1v) is 5.43. The van der Waals surface area contributed by atoms with Gasteiger partial charge in [-0.05, 0) is 25.0 Å². The third-order valence-electron chi connectivity index (χ3n) is 3.16. The number of aliphatic hydroxyl groups is 1. The Morgan fingerprint density at radius 1 is 1.07 bits per heavy atom. The second-order valence-electron chi connectivity index (χ2n) is 4.29. The summed E-state index contributed by atoms with van der Waals surface area (Å²) in [4.78, 5) is 0. The van der Waals surface area contributed by atoms with Crippen LogP contribution in [0, 0.1) is 0 Å². The van der Waals surface area contributed by atoms with Gasteiger partial charge in [0.05, 0.1) is 6.10 Å². The summed E-state index contributed by atoms with van der Waals surface area (Å²) in [5, 5.41) is 9.46. The van der Waals surface area contributed by atoms with Crippen molar-refractivity contribution in [2.45, 2.75) is 37.6 Å². The zero-order valence-electron chi connectivity index (χ0n) is 8.48. The van der Waals surface area contributed by atoms with Gasteiger partial charge in [0.2, 0.25) is 0 Å². The minimum Gasteiger partial charge on any atom is -0.448 e. The Balaban J connectivity index is 1.83. The molecule has 3 nitrogen and oxygen atoms in total. The Morgan fingerprint density at radius 2 is 1.60 bits per heavy atom. The summed E-state index contributed by atoms with van der Waals surface area (Å²) in [5.74, 6) is 1.16. The largest absolute Gasteiger partial charge is 0.448 e. The van der Waals surface area contributed by atoms with Gasteiger partial charge in [-0.15, -0.1) is 0 Å². The Bertz CT molecular complexity index is 340. The van der Waals surface area contributed by atoms with E-state index in [1.54, 1.807) is 0 Å². The first-order valence-electron chi connectivity index (χ1n) is 5.43. The van der Waals surface area contributed by atoms with E-state index in [4.69, 9.17) is 9.47 Å². The van der Waals surface area contributed by atoms with Crippen LogP contribution in [0.4, 0.5) is 0 Å². The fraction of sp³-hybridized carbons (Fsp3) is 0.500. The molecular weight excluding hydrogens is 192 g/mol. The molecule has 2 aliphatic rings. The smallest absolute Gasteiger partial charge is 0.251 e. The van der Waals surface area contributed by atoms with Crippen molar-refractivity contribution in [1.29, 1.82) is 0 Å². The predicted octanol–water partition coefficient (Wildman–Crippen LogP) is 2.09. The Kier molecular flexibility index (Phi) is 1.89. The van der Waals surface area contributed by atoms with Gasteiger partial charge in [0.25, 0.3) is 5.79 Å². The van der Waals surface area contributed by atoms with Crippen molar-refractivity contribution in [3.63, 3.8) is 0 Å². The van der Waals surface area contributed by atoms with Gasteiger partial charge >= 0.3 is 0 Å². The molecule has 1 spiro atoms. The van der Waals surface area contributed by atoms with Crippen molar-refractivity contribution >= 4 is 0 Å². The summed E-state index contributed by atoms with van der Waals surface area (Å²) in [6.07, 6.45) is 2.86. The molecule has 1 aromatic carbocycles. The van der Waals surface area contributed by atoms with Crippen LogP contribution in [-0.4, -0.2) is 17.0 Å². The first kappa shape index (κ1) is 9.04. The molecular formula is C12H14O3. The van der Waals surface area contributed by atoms with Crippen LogP contribution < -0.4 is 9.47 Å². The highest BCUT2D eigenvalue weighted by Gasteiger charge is 2.44. The molecule has 1 aliphatic carbocycles. The van der Waals surface area contributed by atoms with Crippen molar-refractivity contribution < 1.29 is 14.6 Å². The number of para-hydroxylation sites is 2. The van der Waals surface area contributed by atoms with Crippen LogP contribution in [0.15, 0.2) is 24.3 Å². The summed E-state index contributed by atoms with van der Waals surface area (Å²) in [6, 6.07) is 7.74. The van der Waals surface area contributed by atoms with E-state index in [2.05, 4.69) is 0 Å². The minimum absolute atomic E-state index is 0.188. The quantitative estimate of drug-likeness (QED) is 0.706. The molecule has 3 rings (SSSR count). The molecule has 0 amide bonds. The molecule has 1 fully saturated rings. The van der Waals surface area contributed by atoms with Crippen molar-refractivity contribution in [3.8, 4) is 11.5 Å². The molecule has 3 heteroatoms. The van der Waals surface area contributed by atoms with E-state index in [0.717, 1.165) is 37.2 Å². The number of ether oxygens (including phenoxy) is 2. The summed E-state index contributed by atoms with van der Waals surface area (Å²) in [7, 11) is 0.